The summed E-state index contributed by atoms with van der Waals surface area (Å²) in [4.78, 5) is 25.1. The molecular weight excluding hydrogens is 542 g/mol. The predicted octanol–water partition coefficient (Wildman–Crippen LogP) is 5.05. The minimum absolute atomic E-state index is 0.212. The van der Waals surface area contributed by atoms with Crippen LogP contribution in [-0.2, 0) is 19.3 Å². The number of aromatic nitrogens is 6. The lowest BCUT2D eigenvalue weighted by Gasteiger charge is -2.21. The number of H-pyrrole nitrogens is 1. The Morgan fingerprint density at radius 3 is 2.58 bits per heavy atom. The highest BCUT2D eigenvalue weighted by molar-refractivity contribution is 5.92. The maximum atomic E-state index is 13.5. The Kier molecular flexibility index (Phi) is 8.08. The molecule has 0 aliphatic rings. The number of hydrogen-bond donors (Lipinski definition) is 2. The molecule has 0 saturated heterocycles. The summed E-state index contributed by atoms with van der Waals surface area (Å²) < 4.78 is 13.3. The van der Waals surface area contributed by atoms with Crippen molar-refractivity contribution in [2.75, 3.05) is 14.2 Å². The molecule has 2 N–H and O–H groups in total. The number of para-hydroxylation sites is 1. The number of fused-ring (bicyclic) bond motifs is 1. The van der Waals surface area contributed by atoms with Crippen molar-refractivity contribution in [1.82, 2.24) is 35.0 Å². The predicted molar refractivity (Wildman–Crippen MR) is 163 cm³/mol. The molecule has 10 heteroatoms. The second-order valence-corrected chi connectivity index (χ2v) is 10.0. The molecule has 216 valence electrons. The highest BCUT2D eigenvalue weighted by Gasteiger charge is 2.27. The molecule has 6 rings (SSSR count). The van der Waals surface area contributed by atoms with Crippen LogP contribution >= 0.6 is 0 Å². The van der Waals surface area contributed by atoms with E-state index in [0.717, 1.165) is 34.4 Å². The van der Waals surface area contributed by atoms with Crippen LogP contribution in [0.1, 0.15) is 39.3 Å². The molecule has 1 unspecified atom stereocenters. The second-order valence-electron chi connectivity index (χ2n) is 10.0. The Morgan fingerprint density at radius 1 is 0.953 bits per heavy atom. The number of benzene rings is 3. The minimum Gasteiger partial charge on any atom is -0.497 e. The highest BCUT2D eigenvalue weighted by atomic mass is 16.5. The lowest BCUT2D eigenvalue weighted by molar-refractivity contribution is 0.0929. The van der Waals surface area contributed by atoms with E-state index in [1.807, 2.05) is 65.4 Å². The molecule has 3 aromatic heterocycles. The van der Waals surface area contributed by atoms with Gasteiger partial charge >= 0.3 is 0 Å². The fourth-order valence-electron chi connectivity index (χ4n) is 5.23. The van der Waals surface area contributed by atoms with Gasteiger partial charge in [-0.2, -0.15) is 0 Å². The Labute approximate surface area is 248 Å². The highest BCUT2D eigenvalue weighted by Crippen LogP contribution is 2.33. The Morgan fingerprint density at radius 2 is 1.79 bits per heavy atom. The zero-order valence-corrected chi connectivity index (χ0v) is 23.9. The van der Waals surface area contributed by atoms with Gasteiger partial charge in [-0.3, -0.25) is 14.3 Å². The fraction of sp³-hybridized carbons (Fsp3) is 0.182. The first-order valence-electron chi connectivity index (χ1n) is 14.0. The van der Waals surface area contributed by atoms with Crippen molar-refractivity contribution in [3.63, 3.8) is 0 Å². The van der Waals surface area contributed by atoms with Gasteiger partial charge in [0.15, 0.2) is 5.82 Å². The maximum absolute atomic E-state index is 13.5. The molecule has 0 aliphatic carbocycles. The summed E-state index contributed by atoms with van der Waals surface area (Å²) in [5, 5.41) is 13.6. The van der Waals surface area contributed by atoms with Crippen LogP contribution in [0.5, 0.6) is 11.5 Å². The van der Waals surface area contributed by atoms with E-state index >= 15 is 0 Å². The lowest BCUT2D eigenvalue weighted by atomic mass is 10.0. The van der Waals surface area contributed by atoms with Crippen LogP contribution in [0.4, 0.5) is 0 Å². The van der Waals surface area contributed by atoms with E-state index in [4.69, 9.17) is 14.6 Å². The molecule has 1 amide bonds. The third-order valence-electron chi connectivity index (χ3n) is 7.37. The van der Waals surface area contributed by atoms with Gasteiger partial charge in [-0.05, 0) is 35.7 Å². The van der Waals surface area contributed by atoms with Crippen LogP contribution in [0, 0.1) is 0 Å². The van der Waals surface area contributed by atoms with Crippen molar-refractivity contribution in [3.05, 3.63) is 126 Å². The van der Waals surface area contributed by atoms with Gasteiger partial charge in [-0.1, -0.05) is 48.5 Å². The van der Waals surface area contributed by atoms with Crippen molar-refractivity contribution in [2.45, 2.75) is 25.3 Å². The van der Waals surface area contributed by atoms with Gasteiger partial charge in [-0.15, -0.1) is 10.2 Å². The molecule has 0 bridgehead atoms. The van der Waals surface area contributed by atoms with E-state index in [2.05, 4.69) is 43.6 Å². The average molecular weight is 574 g/mol. The summed E-state index contributed by atoms with van der Waals surface area (Å²) in [5.74, 6) is 2.19. The number of nitrogens with zero attached hydrogens (tertiary/aromatic N) is 5. The van der Waals surface area contributed by atoms with Gasteiger partial charge in [0.05, 0.1) is 32.1 Å². The van der Waals surface area contributed by atoms with Gasteiger partial charge in [0, 0.05) is 48.4 Å². The largest absolute Gasteiger partial charge is 0.497 e. The van der Waals surface area contributed by atoms with Crippen molar-refractivity contribution in [3.8, 4) is 17.2 Å². The van der Waals surface area contributed by atoms with Crippen LogP contribution in [-0.4, -0.2) is 49.8 Å². The number of amides is 1. The van der Waals surface area contributed by atoms with Crippen molar-refractivity contribution in [2.24, 2.45) is 0 Å². The molecular formula is C33H31N7O3. The quantitative estimate of drug-likeness (QED) is 0.222. The van der Waals surface area contributed by atoms with E-state index in [1.54, 1.807) is 14.2 Å². The molecule has 0 radical (unpaired) electrons. The van der Waals surface area contributed by atoms with E-state index < -0.39 is 6.04 Å². The number of aryl methyl sites for hydroxylation is 2. The van der Waals surface area contributed by atoms with E-state index in [-0.39, 0.29) is 11.6 Å². The molecule has 10 nitrogen and oxygen atoms in total. The van der Waals surface area contributed by atoms with E-state index in [9.17, 15) is 4.79 Å². The number of hydrogen-bond acceptors (Lipinski definition) is 7. The number of carbonyl (C=O) groups is 1. The van der Waals surface area contributed by atoms with Gasteiger partial charge in [0.2, 0.25) is 0 Å². The van der Waals surface area contributed by atoms with Crippen LogP contribution in [0.2, 0.25) is 0 Å². The number of rotatable bonds is 11. The van der Waals surface area contributed by atoms with Crippen molar-refractivity contribution in [1.29, 1.82) is 0 Å². The molecule has 6 aromatic rings. The lowest BCUT2D eigenvalue weighted by Crippen LogP contribution is -2.32. The molecule has 3 heterocycles. The Bertz CT molecular complexity index is 1830. The number of carbonyl (C=O) groups excluding carboxylic acids is 1. The van der Waals surface area contributed by atoms with Crippen LogP contribution in [0.25, 0.3) is 16.6 Å². The smallest absolute Gasteiger partial charge is 0.272 e. The average Bonchev–Trinajstić information content (AvgIpc) is 3.68. The number of nitrogens with one attached hydrogen (secondary N) is 2. The summed E-state index contributed by atoms with van der Waals surface area (Å²) in [6.45, 7) is 0. The zero-order valence-electron chi connectivity index (χ0n) is 23.9. The Hall–Kier alpha value is -5.51. The van der Waals surface area contributed by atoms with Crippen LogP contribution < -0.4 is 14.8 Å². The summed E-state index contributed by atoms with van der Waals surface area (Å²) >= 11 is 0. The molecule has 3 aromatic carbocycles. The number of aromatic amines is 1. The third-order valence-corrected chi connectivity index (χ3v) is 7.37. The first-order valence-corrected chi connectivity index (χ1v) is 14.0. The summed E-state index contributed by atoms with van der Waals surface area (Å²) in [6, 6.07) is 23.4. The Balaban J connectivity index is 1.46. The molecule has 1 atom stereocenters. The summed E-state index contributed by atoms with van der Waals surface area (Å²) in [5.41, 5.74) is 4.18. The summed E-state index contributed by atoms with van der Waals surface area (Å²) in [6.07, 6.45) is 8.27. The van der Waals surface area contributed by atoms with Crippen molar-refractivity contribution < 1.29 is 14.3 Å². The van der Waals surface area contributed by atoms with Crippen LogP contribution in [0.15, 0.2) is 97.6 Å². The first-order chi connectivity index (χ1) is 21.1. The van der Waals surface area contributed by atoms with Gasteiger partial charge in [0.25, 0.3) is 5.91 Å². The zero-order chi connectivity index (χ0) is 29.6. The van der Waals surface area contributed by atoms with Crippen LogP contribution in [0.3, 0.4) is 0 Å². The van der Waals surface area contributed by atoms with E-state index in [1.165, 1.54) is 24.2 Å². The normalized spacial score (nSPS) is 11.8. The number of ether oxygens (including phenoxy) is 2. The van der Waals surface area contributed by atoms with Crippen molar-refractivity contribution >= 4 is 16.8 Å². The molecule has 0 fully saturated rings. The molecule has 0 saturated carbocycles. The van der Waals surface area contributed by atoms with Gasteiger partial charge in [0.1, 0.15) is 23.0 Å². The van der Waals surface area contributed by atoms with E-state index in [0.29, 0.717) is 30.2 Å². The third kappa shape index (κ3) is 5.94. The minimum atomic E-state index is -0.571. The second kappa shape index (κ2) is 12.6. The van der Waals surface area contributed by atoms with Gasteiger partial charge < -0.3 is 19.8 Å². The SMILES string of the molecule is COc1ccc(-n2c(CCc3ccccc3)nnc2C(Cc2c[nH]c3ccccc23)NC(=O)c2cnccn2)c(OC)c1. The number of methoxy groups -OCH3 is 2. The summed E-state index contributed by atoms with van der Waals surface area (Å²) in [7, 11) is 3.23. The molecule has 0 aliphatic heterocycles. The molecule has 0 spiro atoms. The topological polar surface area (TPSA) is 120 Å². The maximum Gasteiger partial charge on any atom is 0.272 e. The fourth-order valence-corrected chi connectivity index (χ4v) is 5.23. The van der Waals surface area contributed by atoms with Gasteiger partial charge in [-0.25, -0.2) is 4.98 Å². The first kappa shape index (κ1) is 27.6. The molecule has 43 heavy (non-hydrogen) atoms. The monoisotopic (exact) mass is 573 g/mol. The standard InChI is InChI=1S/C33H31N7O3/c1-42-24-13-14-29(30(19-24)43-2)40-31(15-12-22-8-4-3-5-9-22)38-39-32(40)27(37-33(41)28-21-34-16-17-35-28)18-23-20-36-26-11-7-6-10-25(23)26/h3-11,13-14,16-17,19-21,27,36H,12,15,18H2,1-2H3,(H,37,41).